The van der Waals surface area contributed by atoms with Gasteiger partial charge in [-0.25, -0.2) is 9.38 Å². The van der Waals surface area contributed by atoms with Crippen LogP contribution in [0.2, 0.25) is 0 Å². The van der Waals surface area contributed by atoms with Gasteiger partial charge < -0.3 is 14.8 Å². The van der Waals surface area contributed by atoms with Crippen LogP contribution >= 0.6 is 35.3 Å². The molecule has 0 radical (unpaired) electrons. The van der Waals surface area contributed by atoms with Crippen LogP contribution in [0.1, 0.15) is 22.1 Å². The highest BCUT2D eigenvalue weighted by molar-refractivity contribution is 14.0. The number of nitrogens with one attached hydrogen (secondary N) is 1. The number of benzene rings is 1. The van der Waals surface area contributed by atoms with E-state index in [1.807, 2.05) is 36.6 Å². The molecule has 0 saturated carbocycles. The van der Waals surface area contributed by atoms with E-state index in [1.54, 1.807) is 23.5 Å². The van der Waals surface area contributed by atoms with E-state index in [0.29, 0.717) is 13.1 Å². The second-order valence-corrected chi connectivity index (χ2v) is 7.64. The third kappa shape index (κ3) is 6.77. The maximum atomic E-state index is 13.5. The Kier molecular flexibility index (Phi) is 9.02. The summed E-state index contributed by atoms with van der Waals surface area (Å²) in [5.41, 5.74) is 0.893. The highest BCUT2D eigenvalue weighted by Gasteiger charge is 2.10. The van der Waals surface area contributed by atoms with Crippen LogP contribution < -0.4 is 5.32 Å². The van der Waals surface area contributed by atoms with Crippen LogP contribution in [0.25, 0.3) is 0 Å². The lowest BCUT2D eigenvalue weighted by atomic mass is 10.2. The molecule has 2 aromatic heterocycles. The van der Waals surface area contributed by atoms with E-state index in [2.05, 4.69) is 33.0 Å². The molecule has 0 aliphatic heterocycles. The van der Waals surface area contributed by atoms with Gasteiger partial charge in [-0.3, -0.25) is 0 Å². The van der Waals surface area contributed by atoms with E-state index in [0.717, 1.165) is 36.1 Å². The Hall–Kier alpha value is -2.01. The number of hydrogen-bond acceptors (Lipinski definition) is 4. The van der Waals surface area contributed by atoms with Crippen molar-refractivity contribution in [2.24, 2.45) is 12.0 Å². The summed E-state index contributed by atoms with van der Waals surface area (Å²) in [5, 5.41) is 13.8. The summed E-state index contributed by atoms with van der Waals surface area (Å²) in [7, 11) is 3.88. The first-order chi connectivity index (χ1) is 13.5. The van der Waals surface area contributed by atoms with Crippen molar-refractivity contribution in [3.8, 4) is 0 Å². The molecule has 0 atom stereocenters. The van der Waals surface area contributed by atoms with Crippen molar-refractivity contribution < 1.29 is 4.39 Å². The van der Waals surface area contributed by atoms with E-state index in [9.17, 15) is 4.39 Å². The van der Waals surface area contributed by atoms with E-state index >= 15 is 0 Å². The van der Waals surface area contributed by atoms with Crippen LogP contribution in [-0.4, -0.2) is 39.2 Å². The zero-order chi connectivity index (χ0) is 19.9. The standard InChI is InChI=1S/C20H25FN6S.HI/c1-15-24-25-19(27(15)3)13-23-20(22-10-9-18-8-5-11-28-18)26(2)14-16-6-4-7-17(21)12-16;/h4-8,11-12H,9-10,13-14H2,1-3H3,(H,22,23);1H. The first-order valence-electron chi connectivity index (χ1n) is 9.14. The zero-order valence-corrected chi connectivity index (χ0v) is 19.9. The lowest BCUT2D eigenvalue weighted by Crippen LogP contribution is -2.39. The topological polar surface area (TPSA) is 58.3 Å². The zero-order valence-electron chi connectivity index (χ0n) is 16.8. The van der Waals surface area contributed by atoms with Gasteiger partial charge in [0.25, 0.3) is 0 Å². The lowest BCUT2D eigenvalue weighted by molar-refractivity contribution is 0.472. The molecule has 0 aliphatic rings. The van der Waals surface area contributed by atoms with Gasteiger partial charge in [0, 0.05) is 32.1 Å². The quantitative estimate of drug-likeness (QED) is 0.288. The molecule has 3 rings (SSSR count). The Balaban J connectivity index is 0.00000300. The lowest BCUT2D eigenvalue weighted by Gasteiger charge is -2.22. The van der Waals surface area contributed by atoms with Gasteiger partial charge in [-0.15, -0.1) is 45.5 Å². The van der Waals surface area contributed by atoms with Crippen LogP contribution in [0.4, 0.5) is 4.39 Å². The van der Waals surface area contributed by atoms with Crippen LogP contribution in [0.5, 0.6) is 0 Å². The number of halogens is 2. The highest BCUT2D eigenvalue weighted by atomic mass is 127. The molecule has 0 fully saturated rings. The molecule has 9 heteroatoms. The number of aromatic nitrogens is 3. The minimum Gasteiger partial charge on any atom is -0.356 e. The summed E-state index contributed by atoms with van der Waals surface area (Å²) >= 11 is 1.75. The first-order valence-corrected chi connectivity index (χ1v) is 10.0. The van der Waals surface area contributed by atoms with Gasteiger partial charge in [0.2, 0.25) is 0 Å². The van der Waals surface area contributed by atoms with Crippen molar-refractivity contribution in [1.82, 2.24) is 25.0 Å². The second-order valence-electron chi connectivity index (χ2n) is 6.60. The molecule has 0 aliphatic carbocycles. The number of nitrogens with zero attached hydrogens (tertiary/aromatic N) is 5. The number of guanidine groups is 1. The van der Waals surface area contributed by atoms with Crippen LogP contribution in [0.15, 0.2) is 46.8 Å². The number of aliphatic imine (C=N–C) groups is 1. The molecule has 0 bridgehead atoms. The molecule has 3 aromatic rings. The maximum absolute atomic E-state index is 13.5. The molecule has 0 amide bonds. The molecule has 2 heterocycles. The Labute approximate surface area is 191 Å². The molecule has 6 nitrogen and oxygen atoms in total. The molecular formula is C20H26FIN6S. The minimum absolute atomic E-state index is 0. The summed E-state index contributed by atoms with van der Waals surface area (Å²) in [6.07, 6.45) is 0.924. The molecule has 29 heavy (non-hydrogen) atoms. The molecular weight excluding hydrogens is 502 g/mol. The minimum atomic E-state index is -0.232. The van der Waals surface area contributed by atoms with Crippen molar-refractivity contribution in [1.29, 1.82) is 0 Å². The smallest absolute Gasteiger partial charge is 0.194 e. The van der Waals surface area contributed by atoms with Gasteiger partial charge in [0.15, 0.2) is 11.8 Å². The second kappa shape index (κ2) is 11.2. The SMILES string of the molecule is Cc1nnc(CN=C(NCCc2cccs2)N(C)Cc2cccc(F)c2)n1C.I. The predicted molar refractivity (Wildman–Crippen MR) is 126 cm³/mol. The van der Waals surface area contributed by atoms with E-state index in [-0.39, 0.29) is 29.8 Å². The molecule has 156 valence electrons. The summed E-state index contributed by atoms with van der Waals surface area (Å²) in [6.45, 7) is 3.66. The normalized spacial score (nSPS) is 11.2. The summed E-state index contributed by atoms with van der Waals surface area (Å²) in [6, 6.07) is 10.8. The van der Waals surface area contributed by atoms with Gasteiger partial charge in [-0.05, 0) is 42.5 Å². The summed E-state index contributed by atoms with van der Waals surface area (Å²) in [5.74, 6) is 2.17. The van der Waals surface area contributed by atoms with E-state index in [4.69, 9.17) is 4.99 Å². The number of aryl methyl sites for hydroxylation is 1. The Morgan fingerprint density at radius 3 is 2.76 bits per heavy atom. The monoisotopic (exact) mass is 528 g/mol. The first kappa shape index (κ1) is 23.3. The highest BCUT2D eigenvalue weighted by Crippen LogP contribution is 2.09. The van der Waals surface area contributed by atoms with E-state index < -0.39 is 0 Å². The van der Waals surface area contributed by atoms with Crippen molar-refractivity contribution in [2.45, 2.75) is 26.4 Å². The number of hydrogen-bond donors (Lipinski definition) is 1. The van der Waals surface area contributed by atoms with Gasteiger partial charge >= 0.3 is 0 Å². The van der Waals surface area contributed by atoms with Gasteiger partial charge in [0.05, 0.1) is 0 Å². The maximum Gasteiger partial charge on any atom is 0.194 e. The van der Waals surface area contributed by atoms with Crippen LogP contribution in [0, 0.1) is 12.7 Å². The molecule has 1 aromatic carbocycles. The van der Waals surface area contributed by atoms with Crippen molar-refractivity contribution >= 4 is 41.3 Å². The predicted octanol–water partition coefficient (Wildman–Crippen LogP) is 3.76. The Morgan fingerprint density at radius 2 is 2.10 bits per heavy atom. The third-order valence-electron chi connectivity index (χ3n) is 4.46. The average Bonchev–Trinajstić information content (AvgIpc) is 3.29. The summed E-state index contributed by atoms with van der Waals surface area (Å²) in [4.78, 5) is 8.04. The fraction of sp³-hybridized carbons (Fsp3) is 0.350. The Morgan fingerprint density at radius 1 is 1.28 bits per heavy atom. The molecule has 0 spiro atoms. The van der Waals surface area contributed by atoms with Crippen molar-refractivity contribution in [2.75, 3.05) is 13.6 Å². The van der Waals surface area contributed by atoms with E-state index in [1.165, 1.54) is 10.9 Å². The van der Waals surface area contributed by atoms with Crippen LogP contribution in [-0.2, 0) is 26.6 Å². The fourth-order valence-electron chi connectivity index (χ4n) is 2.78. The largest absolute Gasteiger partial charge is 0.356 e. The third-order valence-corrected chi connectivity index (χ3v) is 5.39. The van der Waals surface area contributed by atoms with Gasteiger partial charge in [0.1, 0.15) is 18.2 Å². The number of rotatable bonds is 7. The molecule has 0 unspecified atom stereocenters. The van der Waals surface area contributed by atoms with Crippen molar-refractivity contribution in [3.63, 3.8) is 0 Å². The summed E-state index contributed by atoms with van der Waals surface area (Å²) < 4.78 is 15.4. The average molecular weight is 528 g/mol. The fourth-order valence-corrected chi connectivity index (χ4v) is 3.49. The van der Waals surface area contributed by atoms with Crippen molar-refractivity contribution in [3.05, 3.63) is 69.7 Å². The number of thiophene rings is 1. The Bertz CT molecular complexity index is 925. The van der Waals surface area contributed by atoms with Gasteiger partial charge in [-0.2, -0.15) is 0 Å². The van der Waals surface area contributed by atoms with Gasteiger partial charge in [-0.1, -0.05) is 18.2 Å². The van der Waals surface area contributed by atoms with Crippen LogP contribution in [0.3, 0.4) is 0 Å². The molecule has 1 N–H and O–H groups in total. The molecule has 0 saturated heterocycles.